The van der Waals surface area contributed by atoms with Gasteiger partial charge in [-0.25, -0.2) is 9.18 Å². The molecule has 3 rings (SSSR count). The van der Waals surface area contributed by atoms with Crippen molar-refractivity contribution in [2.75, 3.05) is 13.2 Å². The molecule has 1 heterocycles. The highest BCUT2D eigenvalue weighted by Gasteiger charge is 2.50. The van der Waals surface area contributed by atoms with Gasteiger partial charge in [-0.2, -0.15) is 0 Å². The van der Waals surface area contributed by atoms with Gasteiger partial charge in [0.1, 0.15) is 5.82 Å². The maximum atomic E-state index is 13.5. The van der Waals surface area contributed by atoms with E-state index in [1.165, 1.54) is 12.1 Å². The summed E-state index contributed by atoms with van der Waals surface area (Å²) in [4.78, 5) is 26.3. The van der Waals surface area contributed by atoms with Gasteiger partial charge in [0.2, 0.25) is 0 Å². The van der Waals surface area contributed by atoms with E-state index in [2.05, 4.69) is 20.8 Å². The molecule has 1 aliphatic heterocycles. The molecule has 1 aromatic rings. The van der Waals surface area contributed by atoms with E-state index in [4.69, 9.17) is 4.74 Å². The number of carbonyl (C=O) groups excluding carboxylic acids is 2. The van der Waals surface area contributed by atoms with Crippen molar-refractivity contribution in [1.82, 2.24) is 4.90 Å². The lowest BCUT2D eigenvalue weighted by molar-refractivity contribution is -0.148. The Kier molecular flexibility index (Phi) is 4.91. The number of fused-ring (bicyclic) bond motifs is 2. The molecule has 0 aromatic heterocycles. The lowest BCUT2D eigenvalue weighted by atomic mass is 9.65. The number of ether oxygens (including phenoxy) is 1. The van der Waals surface area contributed by atoms with Crippen LogP contribution in [-0.2, 0) is 14.3 Å². The monoisotopic (exact) mass is 359 g/mol. The maximum absolute atomic E-state index is 13.5. The molecule has 1 aliphatic carbocycles. The fourth-order valence-electron chi connectivity index (χ4n) is 4.78. The summed E-state index contributed by atoms with van der Waals surface area (Å²) in [5.41, 5.74) is 0.683. The van der Waals surface area contributed by atoms with E-state index in [-0.39, 0.29) is 29.4 Å². The smallest absolute Gasteiger partial charge is 0.331 e. The van der Waals surface area contributed by atoms with E-state index in [0.29, 0.717) is 5.56 Å². The molecule has 140 valence electrons. The Hall–Kier alpha value is -2.17. The van der Waals surface area contributed by atoms with E-state index in [0.717, 1.165) is 31.9 Å². The summed E-state index contributed by atoms with van der Waals surface area (Å²) in [7, 11) is 0. The first-order chi connectivity index (χ1) is 12.2. The molecule has 0 N–H and O–H groups in total. The molecule has 2 atom stereocenters. The molecule has 2 bridgehead atoms. The van der Waals surface area contributed by atoms with Crippen LogP contribution in [0.5, 0.6) is 0 Å². The van der Waals surface area contributed by atoms with Crippen LogP contribution in [0, 0.1) is 16.6 Å². The number of hydrogen-bond acceptors (Lipinski definition) is 3. The average molecular weight is 359 g/mol. The van der Waals surface area contributed by atoms with Crippen molar-refractivity contribution in [3.63, 3.8) is 0 Å². The normalized spacial score (nSPS) is 26.9. The summed E-state index contributed by atoms with van der Waals surface area (Å²) >= 11 is 0. The average Bonchev–Trinajstić information content (AvgIpc) is 2.80. The number of benzene rings is 1. The Morgan fingerprint density at radius 1 is 1.27 bits per heavy atom. The predicted molar refractivity (Wildman–Crippen MR) is 97.6 cm³/mol. The van der Waals surface area contributed by atoms with Crippen LogP contribution in [0.1, 0.15) is 45.6 Å². The quantitative estimate of drug-likeness (QED) is 0.607. The molecule has 1 aromatic carbocycles. The van der Waals surface area contributed by atoms with Gasteiger partial charge in [0.25, 0.3) is 5.91 Å². The number of amides is 1. The summed E-state index contributed by atoms with van der Waals surface area (Å²) < 4.78 is 18.6. The zero-order valence-electron chi connectivity index (χ0n) is 15.6. The molecular formula is C21H26FNO3. The highest BCUT2D eigenvalue weighted by Crippen LogP contribution is 2.52. The van der Waals surface area contributed by atoms with Crippen molar-refractivity contribution >= 4 is 18.0 Å². The minimum atomic E-state index is -0.643. The second-order valence-corrected chi connectivity index (χ2v) is 8.70. The minimum Gasteiger partial charge on any atom is -0.452 e. The fraction of sp³-hybridized carbons (Fsp3) is 0.524. The van der Waals surface area contributed by atoms with Gasteiger partial charge in [-0.1, -0.05) is 39.0 Å². The van der Waals surface area contributed by atoms with Crippen molar-refractivity contribution in [2.24, 2.45) is 10.8 Å². The molecular weight excluding hydrogens is 333 g/mol. The summed E-state index contributed by atoms with van der Waals surface area (Å²) in [5, 5.41) is 0. The predicted octanol–water partition coefficient (Wildman–Crippen LogP) is 3.81. The lowest BCUT2D eigenvalue weighted by Crippen LogP contribution is -2.39. The van der Waals surface area contributed by atoms with Crippen molar-refractivity contribution < 1.29 is 18.7 Å². The van der Waals surface area contributed by atoms with Gasteiger partial charge >= 0.3 is 5.97 Å². The Morgan fingerprint density at radius 2 is 2.00 bits per heavy atom. The van der Waals surface area contributed by atoms with E-state index >= 15 is 0 Å². The van der Waals surface area contributed by atoms with Gasteiger partial charge in [0.05, 0.1) is 0 Å². The molecule has 5 heteroatoms. The summed E-state index contributed by atoms with van der Waals surface area (Å²) in [6.45, 7) is 7.19. The molecule has 0 unspecified atom stereocenters. The summed E-state index contributed by atoms with van der Waals surface area (Å²) in [6, 6.07) is 6.38. The maximum Gasteiger partial charge on any atom is 0.331 e. The first kappa shape index (κ1) is 18.6. The highest BCUT2D eigenvalue weighted by atomic mass is 19.1. The number of rotatable bonds is 4. The van der Waals surface area contributed by atoms with Crippen LogP contribution in [0.25, 0.3) is 6.08 Å². The summed E-state index contributed by atoms with van der Waals surface area (Å²) in [5.74, 6) is -1.20. The molecule has 2 aliphatic rings. The fourth-order valence-corrected chi connectivity index (χ4v) is 4.78. The minimum absolute atomic E-state index is 0.149. The molecule has 0 radical (unpaired) electrons. The van der Waals surface area contributed by atoms with Crippen molar-refractivity contribution in [1.29, 1.82) is 0 Å². The number of halogens is 1. The number of likely N-dealkylation sites (tertiary alicyclic amines) is 1. The standard InChI is InChI=1S/C21H26FNO3/c1-20(2)10-16-11-21(3,13-20)14-23(16)18(24)12-26-19(25)9-8-15-6-4-5-7-17(15)22/h4-9,16H,10-14H2,1-3H3/b9-8+/t16-,21+/m1/s1. The van der Waals surface area contributed by atoms with Crippen LogP contribution in [0.4, 0.5) is 4.39 Å². The lowest BCUT2D eigenvalue weighted by Gasteiger charge is -2.39. The SMILES string of the molecule is CC1(C)C[C@@H]2C[C@](C)(CN2C(=O)COC(=O)/C=C/c2ccccc2F)C1. The van der Waals surface area contributed by atoms with E-state index in [1.54, 1.807) is 18.2 Å². The highest BCUT2D eigenvalue weighted by molar-refractivity contribution is 5.89. The van der Waals surface area contributed by atoms with E-state index in [9.17, 15) is 14.0 Å². The Balaban J connectivity index is 1.55. The Labute approximate surface area is 154 Å². The van der Waals surface area contributed by atoms with E-state index in [1.807, 2.05) is 4.90 Å². The van der Waals surface area contributed by atoms with Crippen LogP contribution < -0.4 is 0 Å². The number of carbonyl (C=O) groups is 2. The van der Waals surface area contributed by atoms with Gasteiger partial charge in [-0.05, 0) is 42.2 Å². The third-order valence-corrected chi connectivity index (χ3v) is 5.38. The van der Waals surface area contributed by atoms with Crippen LogP contribution >= 0.6 is 0 Å². The second kappa shape index (κ2) is 6.86. The third kappa shape index (κ3) is 4.14. The zero-order chi connectivity index (χ0) is 18.9. The van der Waals surface area contributed by atoms with Crippen molar-refractivity contribution in [3.05, 3.63) is 41.7 Å². The van der Waals surface area contributed by atoms with Gasteiger partial charge in [0, 0.05) is 24.2 Å². The largest absolute Gasteiger partial charge is 0.452 e. The number of nitrogens with zero attached hydrogens (tertiary/aromatic N) is 1. The second-order valence-electron chi connectivity index (χ2n) is 8.70. The Morgan fingerprint density at radius 3 is 2.73 bits per heavy atom. The zero-order valence-corrected chi connectivity index (χ0v) is 15.6. The van der Waals surface area contributed by atoms with Crippen LogP contribution in [-0.4, -0.2) is 36.0 Å². The van der Waals surface area contributed by atoms with E-state index < -0.39 is 11.8 Å². The summed E-state index contributed by atoms with van der Waals surface area (Å²) in [6.07, 6.45) is 5.61. The molecule has 26 heavy (non-hydrogen) atoms. The van der Waals surface area contributed by atoms with Gasteiger partial charge < -0.3 is 9.64 Å². The Bertz CT molecular complexity index is 743. The third-order valence-electron chi connectivity index (χ3n) is 5.38. The first-order valence-electron chi connectivity index (χ1n) is 9.06. The molecule has 1 saturated carbocycles. The first-order valence-corrected chi connectivity index (χ1v) is 9.06. The molecule has 1 amide bonds. The molecule has 1 saturated heterocycles. The van der Waals surface area contributed by atoms with Gasteiger partial charge in [-0.15, -0.1) is 0 Å². The number of esters is 1. The van der Waals surface area contributed by atoms with Gasteiger partial charge in [-0.3, -0.25) is 4.79 Å². The number of hydrogen-bond donors (Lipinski definition) is 0. The molecule has 2 fully saturated rings. The van der Waals surface area contributed by atoms with Crippen LogP contribution in [0.2, 0.25) is 0 Å². The van der Waals surface area contributed by atoms with Crippen LogP contribution in [0.3, 0.4) is 0 Å². The topological polar surface area (TPSA) is 46.6 Å². The van der Waals surface area contributed by atoms with Crippen molar-refractivity contribution in [2.45, 2.75) is 46.1 Å². The van der Waals surface area contributed by atoms with Crippen LogP contribution in [0.15, 0.2) is 30.3 Å². The van der Waals surface area contributed by atoms with Gasteiger partial charge in [0.15, 0.2) is 6.61 Å². The van der Waals surface area contributed by atoms with Crippen molar-refractivity contribution in [3.8, 4) is 0 Å². The molecule has 0 spiro atoms. The molecule has 4 nitrogen and oxygen atoms in total.